The van der Waals surface area contributed by atoms with Crippen LogP contribution in [0.1, 0.15) is 27.0 Å². The Morgan fingerprint density at radius 2 is 1.87 bits per heavy atom. The second kappa shape index (κ2) is 7.45. The molecule has 0 bridgehead atoms. The summed E-state index contributed by atoms with van der Waals surface area (Å²) in [5, 5.41) is 3.08. The summed E-state index contributed by atoms with van der Waals surface area (Å²) in [4.78, 5) is 15.8. The quantitative estimate of drug-likeness (QED) is 0.517. The smallest absolute Gasteiger partial charge is 0.337 e. The van der Waals surface area contributed by atoms with Gasteiger partial charge in [0.25, 0.3) is 0 Å². The van der Waals surface area contributed by atoms with E-state index in [0.717, 1.165) is 22.4 Å². The van der Waals surface area contributed by atoms with E-state index in [2.05, 4.69) is 16.4 Å². The highest BCUT2D eigenvalue weighted by Gasteiger charge is 2.05. The second-order valence-corrected chi connectivity index (χ2v) is 5.39. The van der Waals surface area contributed by atoms with Crippen LogP contribution in [0.5, 0.6) is 0 Å². The van der Waals surface area contributed by atoms with E-state index in [1.165, 1.54) is 7.11 Å². The van der Waals surface area contributed by atoms with Crippen LogP contribution in [-0.4, -0.2) is 19.0 Å². The third-order valence-corrected chi connectivity index (χ3v) is 3.27. The van der Waals surface area contributed by atoms with Gasteiger partial charge in [-0.15, -0.1) is 0 Å². The van der Waals surface area contributed by atoms with Gasteiger partial charge in [-0.3, -0.25) is 0 Å². The van der Waals surface area contributed by atoms with Crippen molar-refractivity contribution < 1.29 is 9.53 Å². The van der Waals surface area contributed by atoms with Gasteiger partial charge in [0, 0.05) is 5.69 Å². The van der Waals surface area contributed by atoms with Gasteiger partial charge in [-0.1, -0.05) is 18.2 Å². The fourth-order valence-corrected chi connectivity index (χ4v) is 2.33. The number of nitrogens with one attached hydrogen (secondary N) is 1. The van der Waals surface area contributed by atoms with Crippen molar-refractivity contribution in [1.29, 1.82) is 0 Å². The SMILES string of the molecule is COC(=O)c1cccc(CN=C(N)Nc2cc(C)cc(C)c2)c1. The third kappa shape index (κ3) is 4.85. The van der Waals surface area contributed by atoms with Crippen molar-refractivity contribution in [2.24, 2.45) is 10.7 Å². The van der Waals surface area contributed by atoms with E-state index in [0.29, 0.717) is 18.1 Å². The van der Waals surface area contributed by atoms with Crippen LogP contribution in [0.2, 0.25) is 0 Å². The van der Waals surface area contributed by atoms with Gasteiger partial charge in [-0.05, 0) is 54.8 Å². The van der Waals surface area contributed by atoms with E-state index in [9.17, 15) is 4.79 Å². The highest BCUT2D eigenvalue weighted by atomic mass is 16.5. The number of nitrogens with two attached hydrogens (primary N) is 1. The van der Waals surface area contributed by atoms with Crippen molar-refractivity contribution >= 4 is 17.6 Å². The summed E-state index contributed by atoms with van der Waals surface area (Å²) in [5.41, 5.74) is 10.5. The maximum atomic E-state index is 11.5. The molecule has 2 aromatic rings. The molecule has 0 heterocycles. The lowest BCUT2D eigenvalue weighted by molar-refractivity contribution is 0.0600. The molecule has 5 heteroatoms. The Labute approximate surface area is 136 Å². The van der Waals surface area contributed by atoms with Gasteiger partial charge in [0.2, 0.25) is 0 Å². The van der Waals surface area contributed by atoms with Gasteiger partial charge in [-0.25, -0.2) is 9.79 Å². The molecule has 0 radical (unpaired) electrons. The molecule has 5 nitrogen and oxygen atoms in total. The molecule has 3 N–H and O–H groups in total. The maximum Gasteiger partial charge on any atom is 0.337 e. The summed E-state index contributed by atoms with van der Waals surface area (Å²) in [6.45, 7) is 4.45. The second-order valence-electron chi connectivity index (χ2n) is 5.39. The highest BCUT2D eigenvalue weighted by Crippen LogP contribution is 2.13. The van der Waals surface area contributed by atoms with Gasteiger partial charge in [0.05, 0.1) is 19.2 Å². The van der Waals surface area contributed by atoms with Crippen LogP contribution in [-0.2, 0) is 11.3 Å². The molecule has 0 aliphatic heterocycles. The summed E-state index contributed by atoms with van der Waals surface area (Å²) in [6, 6.07) is 13.2. The third-order valence-electron chi connectivity index (χ3n) is 3.27. The van der Waals surface area contributed by atoms with Crippen molar-refractivity contribution in [2.75, 3.05) is 12.4 Å². The van der Waals surface area contributed by atoms with E-state index in [4.69, 9.17) is 10.5 Å². The lowest BCUT2D eigenvalue weighted by atomic mass is 10.1. The minimum Gasteiger partial charge on any atom is -0.465 e. The number of hydrogen-bond donors (Lipinski definition) is 2. The number of methoxy groups -OCH3 is 1. The first-order valence-corrected chi connectivity index (χ1v) is 7.30. The molecule has 0 aromatic heterocycles. The van der Waals surface area contributed by atoms with Crippen LogP contribution < -0.4 is 11.1 Å². The number of guanidine groups is 1. The average Bonchev–Trinajstić information content (AvgIpc) is 2.51. The highest BCUT2D eigenvalue weighted by molar-refractivity contribution is 5.92. The molecule has 0 amide bonds. The largest absolute Gasteiger partial charge is 0.465 e. The molecule has 0 aliphatic carbocycles. The number of esters is 1. The number of anilines is 1. The standard InChI is InChI=1S/C18H21N3O2/c1-12-7-13(2)9-16(8-12)21-18(19)20-11-14-5-4-6-15(10-14)17(22)23-3/h4-10H,11H2,1-3H3,(H3,19,20,21). The van der Waals surface area contributed by atoms with Crippen LogP contribution in [0, 0.1) is 13.8 Å². The molecule has 0 saturated heterocycles. The van der Waals surface area contributed by atoms with Crippen LogP contribution in [0.4, 0.5) is 5.69 Å². The van der Waals surface area contributed by atoms with E-state index < -0.39 is 0 Å². The monoisotopic (exact) mass is 311 g/mol. The van der Waals surface area contributed by atoms with Crippen molar-refractivity contribution in [1.82, 2.24) is 0 Å². The Hall–Kier alpha value is -2.82. The summed E-state index contributed by atoms with van der Waals surface area (Å²) < 4.78 is 4.71. The summed E-state index contributed by atoms with van der Waals surface area (Å²) >= 11 is 0. The molecular formula is C18H21N3O2. The Morgan fingerprint density at radius 3 is 2.52 bits per heavy atom. The van der Waals surface area contributed by atoms with Crippen LogP contribution in [0.15, 0.2) is 47.5 Å². The number of rotatable bonds is 4. The Bertz CT molecular complexity index is 719. The predicted molar refractivity (Wildman–Crippen MR) is 92.6 cm³/mol. The lowest BCUT2D eigenvalue weighted by Gasteiger charge is -2.08. The normalized spacial score (nSPS) is 11.2. The Kier molecular flexibility index (Phi) is 5.36. The number of aryl methyl sites for hydroxylation is 2. The molecular weight excluding hydrogens is 290 g/mol. The van der Waals surface area contributed by atoms with E-state index in [1.807, 2.05) is 32.0 Å². The number of aliphatic imine (C=N–C) groups is 1. The molecule has 2 aromatic carbocycles. The molecule has 0 fully saturated rings. The van der Waals surface area contributed by atoms with Crippen LogP contribution in [0.25, 0.3) is 0 Å². The first-order chi connectivity index (χ1) is 11.0. The molecule has 120 valence electrons. The lowest BCUT2D eigenvalue weighted by Crippen LogP contribution is -2.22. The van der Waals surface area contributed by atoms with Crippen molar-refractivity contribution in [3.8, 4) is 0 Å². The van der Waals surface area contributed by atoms with Crippen molar-refractivity contribution in [2.45, 2.75) is 20.4 Å². The predicted octanol–water partition coefficient (Wildman–Crippen LogP) is 3.02. The minimum absolute atomic E-state index is 0.332. The molecule has 0 saturated carbocycles. The fourth-order valence-electron chi connectivity index (χ4n) is 2.33. The van der Waals surface area contributed by atoms with Gasteiger partial charge < -0.3 is 15.8 Å². The van der Waals surface area contributed by atoms with E-state index in [1.54, 1.807) is 18.2 Å². The molecule has 2 rings (SSSR count). The van der Waals surface area contributed by atoms with Gasteiger partial charge in [0.15, 0.2) is 5.96 Å². The minimum atomic E-state index is -0.364. The number of benzene rings is 2. The van der Waals surface area contributed by atoms with Gasteiger partial charge >= 0.3 is 5.97 Å². The van der Waals surface area contributed by atoms with Gasteiger partial charge in [0.1, 0.15) is 0 Å². The molecule has 0 unspecified atom stereocenters. The van der Waals surface area contributed by atoms with Crippen LogP contribution in [0.3, 0.4) is 0 Å². The van der Waals surface area contributed by atoms with E-state index in [-0.39, 0.29) is 5.97 Å². The zero-order chi connectivity index (χ0) is 16.8. The molecule has 23 heavy (non-hydrogen) atoms. The number of carbonyl (C=O) groups is 1. The summed E-state index contributed by atoms with van der Waals surface area (Å²) in [5.74, 6) is -0.0318. The zero-order valence-electron chi connectivity index (χ0n) is 13.6. The Morgan fingerprint density at radius 1 is 1.17 bits per heavy atom. The first-order valence-electron chi connectivity index (χ1n) is 7.30. The molecule has 0 aliphatic rings. The molecule has 0 atom stereocenters. The van der Waals surface area contributed by atoms with Crippen LogP contribution >= 0.6 is 0 Å². The topological polar surface area (TPSA) is 76.7 Å². The van der Waals surface area contributed by atoms with Gasteiger partial charge in [-0.2, -0.15) is 0 Å². The van der Waals surface area contributed by atoms with Crippen molar-refractivity contribution in [3.05, 3.63) is 64.7 Å². The fraction of sp³-hybridized carbons (Fsp3) is 0.222. The number of ether oxygens (including phenoxy) is 1. The maximum absolute atomic E-state index is 11.5. The zero-order valence-corrected chi connectivity index (χ0v) is 13.6. The number of nitrogens with zero attached hydrogens (tertiary/aromatic N) is 1. The molecule has 0 spiro atoms. The Balaban J connectivity index is 2.06. The number of carbonyl (C=O) groups excluding carboxylic acids is 1. The summed E-state index contributed by atoms with van der Waals surface area (Å²) in [6.07, 6.45) is 0. The first kappa shape index (κ1) is 16.5. The van der Waals surface area contributed by atoms with E-state index >= 15 is 0 Å². The average molecular weight is 311 g/mol. The number of hydrogen-bond acceptors (Lipinski definition) is 3. The van der Waals surface area contributed by atoms with Crippen molar-refractivity contribution in [3.63, 3.8) is 0 Å². The summed E-state index contributed by atoms with van der Waals surface area (Å²) in [7, 11) is 1.36.